The molecule has 0 bridgehead atoms. The van der Waals surface area contributed by atoms with Crippen LogP contribution >= 0.6 is 16.1 Å². The maximum atomic E-state index is 5.35. The number of halogens is 1. The molecule has 1 aromatic carbocycles. The summed E-state index contributed by atoms with van der Waals surface area (Å²) in [6, 6.07) is 9.76. The van der Waals surface area contributed by atoms with Crippen LogP contribution in [0.3, 0.4) is 0 Å². The Labute approximate surface area is 74.9 Å². The largest absolute Gasteiger partial charge is 0.492 e. The molecule has 0 aliphatic carbocycles. The average molecular weight is 216 g/mol. The molecule has 60 valence electrons. The second-order valence-corrected chi connectivity index (χ2v) is 2.61. The first kappa shape index (κ1) is 8.56. The van der Waals surface area contributed by atoms with E-state index in [0.717, 1.165) is 12.3 Å². The number of ether oxygens (including phenoxy) is 1. The van der Waals surface area contributed by atoms with Crippen molar-refractivity contribution >= 4 is 16.1 Å². The van der Waals surface area contributed by atoms with Gasteiger partial charge in [0.1, 0.15) is 12.4 Å². The first-order valence-corrected chi connectivity index (χ1v) is 4.24. The van der Waals surface area contributed by atoms with Crippen LogP contribution < -0.4 is 9.08 Å². The molecule has 0 saturated heterocycles. The fourth-order valence-corrected chi connectivity index (χ4v) is 0.886. The van der Waals surface area contributed by atoms with Gasteiger partial charge in [-0.05, 0) is 12.1 Å². The normalized spacial score (nSPS) is 9.55. The third kappa shape index (κ3) is 3.39. The predicted octanol–water partition coefficient (Wildman–Crippen LogP) is 1.96. The zero-order valence-electron chi connectivity index (χ0n) is 6.09. The molecule has 0 aliphatic heterocycles. The van der Waals surface area contributed by atoms with E-state index in [9.17, 15) is 0 Å². The van der Waals surface area contributed by atoms with Gasteiger partial charge in [0.25, 0.3) is 0 Å². The molecule has 0 aromatic heterocycles. The van der Waals surface area contributed by atoms with Gasteiger partial charge in [0, 0.05) is 22.7 Å². The van der Waals surface area contributed by atoms with E-state index in [1.807, 2.05) is 30.3 Å². The van der Waals surface area contributed by atoms with Crippen LogP contribution in [-0.4, -0.2) is 13.2 Å². The summed E-state index contributed by atoms with van der Waals surface area (Å²) in [7, 11) is 0. The summed E-state index contributed by atoms with van der Waals surface area (Å²) in [5.41, 5.74) is 0. The molecule has 2 nitrogen and oxygen atoms in total. The van der Waals surface area contributed by atoms with Crippen LogP contribution in [0.4, 0.5) is 0 Å². The van der Waals surface area contributed by atoms with Crippen molar-refractivity contribution in [2.75, 3.05) is 13.2 Å². The van der Waals surface area contributed by atoms with Crippen LogP contribution in [0.25, 0.3) is 0 Å². The summed E-state index contributed by atoms with van der Waals surface area (Å²) in [6.45, 7) is 1.48. The third-order valence-electron chi connectivity index (χ3n) is 1.21. The summed E-state index contributed by atoms with van der Waals surface area (Å²) >= 11 is 3.09. The lowest BCUT2D eigenvalue weighted by Gasteiger charge is -2.03. The van der Waals surface area contributed by atoms with Crippen molar-refractivity contribution in [2.24, 2.45) is 0 Å². The van der Waals surface area contributed by atoms with Gasteiger partial charge in [0.05, 0.1) is 0 Å². The molecule has 0 fully saturated rings. The number of hydrogen-bond acceptors (Lipinski definition) is 2. The van der Waals surface area contributed by atoms with Gasteiger partial charge in [-0.15, -0.1) is 0 Å². The minimum absolute atomic E-state index is 0.676. The molecule has 3 heteroatoms. The highest BCUT2D eigenvalue weighted by Crippen LogP contribution is 2.07. The number of benzene rings is 1. The van der Waals surface area contributed by atoms with Crippen LogP contribution in [0.1, 0.15) is 0 Å². The van der Waals surface area contributed by atoms with Crippen LogP contribution in [-0.2, 0) is 0 Å². The lowest BCUT2D eigenvalue weighted by atomic mass is 10.3. The highest BCUT2D eigenvalue weighted by Gasteiger charge is 1.88. The van der Waals surface area contributed by atoms with E-state index in [1.54, 1.807) is 0 Å². The van der Waals surface area contributed by atoms with Gasteiger partial charge >= 0.3 is 0 Å². The Kier molecular flexibility index (Phi) is 4.01. The van der Waals surface area contributed by atoms with Crippen molar-refractivity contribution in [3.8, 4) is 5.75 Å². The molecular formula is C8H10BrNO. The smallest absolute Gasteiger partial charge is 0.119 e. The van der Waals surface area contributed by atoms with Crippen molar-refractivity contribution in [3.63, 3.8) is 0 Å². The minimum atomic E-state index is 0.676. The quantitative estimate of drug-likeness (QED) is 0.613. The van der Waals surface area contributed by atoms with E-state index in [2.05, 4.69) is 20.5 Å². The van der Waals surface area contributed by atoms with Gasteiger partial charge in [-0.3, -0.25) is 4.34 Å². The third-order valence-corrected chi connectivity index (χ3v) is 1.60. The van der Waals surface area contributed by atoms with Crippen molar-refractivity contribution in [3.05, 3.63) is 30.3 Å². The standard InChI is InChI=1S/C8H10BrNO/c9-10-6-7-11-8-4-2-1-3-5-8/h1-5,10H,6-7H2. The topological polar surface area (TPSA) is 21.3 Å². The molecule has 1 rings (SSSR count). The molecule has 0 saturated carbocycles. The summed E-state index contributed by atoms with van der Waals surface area (Å²) in [6.07, 6.45) is 0. The molecular weight excluding hydrogens is 206 g/mol. The van der Waals surface area contributed by atoms with Crippen LogP contribution in [0.2, 0.25) is 0 Å². The number of para-hydroxylation sites is 1. The Morgan fingerprint density at radius 2 is 2.00 bits per heavy atom. The average Bonchev–Trinajstić information content (AvgIpc) is 2.07. The van der Waals surface area contributed by atoms with Crippen LogP contribution in [0, 0.1) is 0 Å². The molecule has 0 aliphatic rings. The van der Waals surface area contributed by atoms with Crippen molar-refractivity contribution in [1.82, 2.24) is 4.34 Å². The predicted molar refractivity (Wildman–Crippen MR) is 48.9 cm³/mol. The molecule has 0 atom stereocenters. The monoisotopic (exact) mass is 215 g/mol. The van der Waals surface area contributed by atoms with Gasteiger partial charge in [0.15, 0.2) is 0 Å². The maximum Gasteiger partial charge on any atom is 0.119 e. The van der Waals surface area contributed by atoms with Gasteiger partial charge in [-0.25, -0.2) is 0 Å². The van der Waals surface area contributed by atoms with E-state index >= 15 is 0 Å². The van der Waals surface area contributed by atoms with Crippen LogP contribution in [0.5, 0.6) is 5.75 Å². The molecule has 1 N–H and O–H groups in total. The summed E-state index contributed by atoms with van der Waals surface area (Å²) in [5.74, 6) is 0.912. The zero-order chi connectivity index (χ0) is 7.94. The fourth-order valence-electron chi connectivity index (χ4n) is 0.724. The van der Waals surface area contributed by atoms with Crippen molar-refractivity contribution in [1.29, 1.82) is 0 Å². The van der Waals surface area contributed by atoms with E-state index in [4.69, 9.17) is 4.74 Å². The number of rotatable bonds is 4. The molecule has 0 heterocycles. The Balaban J connectivity index is 2.28. The fraction of sp³-hybridized carbons (Fsp3) is 0.250. The Bertz CT molecular complexity index is 191. The first-order chi connectivity index (χ1) is 5.43. The molecule has 11 heavy (non-hydrogen) atoms. The van der Waals surface area contributed by atoms with Gasteiger partial charge < -0.3 is 4.74 Å². The Hall–Kier alpha value is -0.540. The van der Waals surface area contributed by atoms with Crippen molar-refractivity contribution in [2.45, 2.75) is 0 Å². The van der Waals surface area contributed by atoms with Gasteiger partial charge in [-0.1, -0.05) is 18.2 Å². The van der Waals surface area contributed by atoms with Gasteiger partial charge in [0.2, 0.25) is 0 Å². The Morgan fingerprint density at radius 1 is 1.27 bits per heavy atom. The van der Waals surface area contributed by atoms with E-state index in [0.29, 0.717) is 6.61 Å². The van der Waals surface area contributed by atoms with E-state index in [1.165, 1.54) is 0 Å². The molecule has 0 spiro atoms. The Morgan fingerprint density at radius 3 is 2.64 bits per heavy atom. The molecule has 1 aromatic rings. The highest BCUT2D eigenvalue weighted by atomic mass is 79.9. The molecule has 0 radical (unpaired) electrons. The first-order valence-electron chi connectivity index (χ1n) is 3.45. The lowest BCUT2D eigenvalue weighted by molar-refractivity contribution is 0.325. The summed E-state index contributed by atoms with van der Waals surface area (Å²) < 4.78 is 8.18. The number of hydrogen-bond donors (Lipinski definition) is 1. The van der Waals surface area contributed by atoms with Crippen LogP contribution in [0.15, 0.2) is 30.3 Å². The zero-order valence-corrected chi connectivity index (χ0v) is 7.67. The minimum Gasteiger partial charge on any atom is -0.492 e. The maximum absolute atomic E-state index is 5.35. The second-order valence-electron chi connectivity index (χ2n) is 2.05. The molecule has 0 amide bonds. The number of nitrogens with one attached hydrogen (secondary N) is 1. The van der Waals surface area contributed by atoms with Gasteiger partial charge in [-0.2, -0.15) is 0 Å². The highest BCUT2D eigenvalue weighted by molar-refractivity contribution is 9.08. The van der Waals surface area contributed by atoms with Crippen molar-refractivity contribution < 1.29 is 4.74 Å². The van der Waals surface area contributed by atoms with E-state index < -0.39 is 0 Å². The van der Waals surface area contributed by atoms with E-state index in [-0.39, 0.29) is 0 Å². The lowest BCUT2D eigenvalue weighted by Crippen LogP contribution is -2.10. The summed E-state index contributed by atoms with van der Waals surface area (Å²) in [4.78, 5) is 0. The SMILES string of the molecule is BrNCCOc1ccccc1. The summed E-state index contributed by atoms with van der Waals surface area (Å²) in [5, 5.41) is 0. The second kappa shape index (κ2) is 5.16. The molecule has 0 unspecified atom stereocenters.